The zero-order valence-electron chi connectivity index (χ0n) is 21.9. The third-order valence-electron chi connectivity index (χ3n) is 10.3. The van der Waals surface area contributed by atoms with Crippen molar-refractivity contribution in [2.75, 3.05) is 5.32 Å². The number of rotatable bonds is 3. The van der Waals surface area contributed by atoms with Crippen molar-refractivity contribution >= 4 is 28.2 Å². The van der Waals surface area contributed by atoms with E-state index < -0.39 is 46.0 Å². The van der Waals surface area contributed by atoms with Crippen LogP contribution >= 0.6 is 11.3 Å². The third kappa shape index (κ3) is 3.44. The molecule has 4 aliphatic carbocycles. The number of allylic oxidation sites excluding steroid dienone is 4. The number of hydrogen-bond acceptors (Lipinski definition) is 7. The Kier molecular flexibility index (Phi) is 5.81. The van der Waals surface area contributed by atoms with Crippen LogP contribution in [0.3, 0.4) is 0 Å². The number of anilines is 1. The van der Waals surface area contributed by atoms with Crippen molar-refractivity contribution in [2.24, 2.45) is 28.6 Å². The minimum absolute atomic E-state index is 0.0244. The summed E-state index contributed by atoms with van der Waals surface area (Å²) in [5.41, 5.74) is -4.16. The molecule has 0 saturated heterocycles. The summed E-state index contributed by atoms with van der Waals surface area (Å²) in [6.07, 6.45) is 5.91. The largest absolute Gasteiger partial charge is 0.390 e. The zero-order valence-corrected chi connectivity index (χ0v) is 22.8. The lowest BCUT2D eigenvalue weighted by atomic mass is 9.44. The molecule has 39 heavy (non-hydrogen) atoms. The van der Waals surface area contributed by atoms with E-state index in [4.69, 9.17) is 0 Å². The fourth-order valence-corrected chi connectivity index (χ4v) is 9.04. The molecule has 3 saturated carbocycles. The Balaban J connectivity index is 1.33. The summed E-state index contributed by atoms with van der Waals surface area (Å²) in [4.78, 5) is 32.8. The number of alkyl halides is 1. The van der Waals surface area contributed by atoms with Gasteiger partial charge in [0, 0.05) is 28.3 Å². The van der Waals surface area contributed by atoms with Crippen LogP contribution in [0.5, 0.6) is 0 Å². The van der Waals surface area contributed by atoms with Gasteiger partial charge in [0.25, 0.3) is 5.91 Å². The number of nitrogens with zero attached hydrogens (tertiary/aromatic N) is 2. The number of aromatic nitrogens is 2. The highest BCUT2D eigenvalue weighted by atomic mass is 32.1. The van der Waals surface area contributed by atoms with Gasteiger partial charge in [0.15, 0.2) is 16.6 Å². The summed E-state index contributed by atoms with van der Waals surface area (Å²) in [5, 5.41) is 28.6. The Morgan fingerprint density at radius 1 is 1.26 bits per heavy atom. The maximum absolute atomic E-state index is 17.4. The van der Waals surface area contributed by atoms with Gasteiger partial charge in [0.05, 0.1) is 17.4 Å². The van der Waals surface area contributed by atoms with E-state index in [9.17, 15) is 24.2 Å². The highest BCUT2D eigenvalue weighted by molar-refractivity contribution is 7.14. The smallest absolute Gasteiger partial charge is 0.259 e. The SMILES string of the molecule is CC1CC2C3CCC4=CC(=O)C=CC4(C)C3(F)C(O)CC2(C)C1(O)c1csc(NC(=O)c2ccc(F)nc2)n1. The summed E-state index contributed by atoms with van der Waals surface area (Å²) in [7, 11) is 0. The summed E-state index contributed by atoms with van der Waals surface area (Å²) >= 11 is 1.16. The second-order valence-corrected chi connectivity index (χ2v) is 12.9. The summed E-state index contributed by atoms with van der Waals surface area (Å²) in [5.74, 6) is -2.41. The first kappa shape index (κ1) is 26.4. The van der Waals surface area contributed by atoms with Gasteiger partial charge in [-0.3, -0.25) is 14.9 Å². The fraction of sp³-hybridized carbons (Fsp3) is 0.517. The standard InChI is InChI=1S/C29H31F2N3O4S/c1-15-10-20-19-6-5-17-11-18(35)8-9-26(17,2)28(19,31)22(36)12-27(20,3)29(15,38)21-14-39-25(33-21)34-24(37)16-4-7-23(30)32-13-16/h4,7-9,11,13-15,19-20,22,36,38H,5-6,10,12H2,1-3H3,(H,33,34,37). The zero-order chi connectivity index (χ0) is 28.0. The molecule has 2 aromatic rings. The van der Waals surface area contributed by atoms with E-state index in [0.717, 1.165) is 23.6 Å². The molecule has 2 heterocycles. The molecule has 1 amide bonds. The van der Waals surface area contributed by atoms with E-state index >= 15 is 4.39 Å². The van der Waals surface area contributed by atoms with E-state index in [0.29, 0.717) is 30.5 Å². The number of amides is 1. The van der Waals surface area contributed by atoms with Gasteiger partial charge in [-0.25, -0.2) is 14.4 Å². The number of thiazole rings is 1. The molecular weight excluding hydrogens is 524 g/mol. The lowest BCUT2D eigenvalue weighted by Crippen LogP contribution is -2.68. The molecule has 3 fully saturated rings. The highest BCUT2D eigenvalue weighted by Gasteiger charge is 2.74. The lowest BCUT2D eigenvalue weighted by molar-refractivity contribution is -0.223. The van der Waals surface area contributed by atoms with Gasteiger partial charge in [-0.1, -0.05) is 25.5 Å². The molecule has 6 rings (SSSR count). The molecule has 0 aromatic carbocycles. The number of halogens is 2. The van der Waals surface area contributed by atoms with Crippen LogP contribution in [-0.4, -0.2) is 43.6 Å². The number of fused-ring (bicyclic) bond motifs is 5. The van der Waals surface area contributed by atoms with E-state index in [1.54, 1.807) is 18.4 Å². The van der Waals surface area contributed by atoms with Crippen molar-refractivity contribution in [3.63, 3.8) is 0 Å². The van der Waals surface area contributed by atoms with Crippen molar-refractivity contribution in [3.8, 4) is 0 Å². The number of carbonyl (C=O) groups excluding carboxylic acids is 2. The van der Waals surface area contributed by atoms with Crippen molar-refractivity contribution in [2.45, 2.75) is 63.8 Å². The van der Waals surface area contributed by atoms with Crippen molar-refractivity contribution in [1.29, 1.82) is 0 Å². The molecule has 0 bridgehead atoms. The van der Waals surface area contributed by atoms with Crippen molar-refractivity contribution in [1.82, 2.24) is 9.97 Å². The number of nitrogens with one attached hydrogen (secondary N) is 1. The topological polar surface area (TPSA) is 112 Å². The highest BCUT2D eigenvalue weighted by Crippen LogP contribution is 2.72. The first-order chi connectivity index (χ1) is 18.3. The molecule has 8 atom stereocenters. The monoisotopic (exact) mass is 555 g/mol. The van der Waals surface area contributed by atoms with Crippen LogP contribution in [0.15, 0.2) is 47.5 Å². The molecule has 3 N–H and O–H groups in total. The minimum atomic E-state index is -1.98. The molecular formula is C29H31F2N3O4S. The van der Waals surface area contributed by atoms with Crippen LogP contribution in [0.1, 0.15) is 62.5 Å². The van der Waals surface area contributed by atoms with Crippen LogP contribution in [0.4, 0.5) is 13.9 Å². The van der Waals surface area contributed by atoms with Crippen LogP contribution in [-0.2, 0) is 10.4 Å². The second kappa shape index (κ2) is 8.59. The van der Waals surface area contributed by atoms with Crippen LogP contribution in [0.2, 0.25) is 0 Å². The Morgan fingerprint density at radius 3 is 2.74 bits per heavy atom. The molecule has 0 aliphatic heterocycles. The Labute approximate surface area is 229 Å². The van der Waals surface area contributed by atoms with Gasteiger partial charge in [-0.15, -0.1) is 11.3 Å². The maximum atomic E-state index is 17.4. The van der Waals surface area contributed by atoms with Crippen LogP contribution < -0.4 is 5.32 Å². The third-order valence-corrected chi connectivity index (χ3v) is 11.1. The number of ketones is 1. The number of pyridine rings is 1. The van der Waals surface area contributed by atoms with E-state index in [1.807, 2.05) is 13.8 Å². The Hall–Kier alpha value is -2.82. The van der Waals surface area contributed by atoms with E-state index in [-0.39, 0.29) is 34.7 Å². The summed E-state index contributed by atoms with van der Waals surface area (Å²) in [6.45, 7) is 5.61. The van der Waals surface area contributed by atoms with Crippen molar-refractivity contribution < 1.29 is 28.6 Å². The molecule has 10 heteroatoms. The van der Waals surface area contributed by atoms with Crippen LogP contribution in [0, 0.1) is 34.5 Å². The molecule has 8 unspecified atom stereocenters. The van der Waals surface area contributed by atoms with Gasteiger partial charge < -0.3 is 10.2 Å². The molecule has 0 spiro atoms. The number of hydrogen-bond donors (Lipinski definition) is 3. The number of aliphatic hydroxyl groups excluding tert-OH is 1. The number of aliphatic hydroxyl groups is 2. The molecule has 2 aromatic heterocycles. The Bertz CT molecular complexity index is 1430. The van der Waals surface area contributed by atoms with Gasteiger partial charge in [-0.2, -0.15) is 4.39 Å². The normalized spacial score (nSPS) is 40.9. The fourth-order valence-electron chi connectivity index (χ4n) is 8.28. The molecule has 206 valence electrons. The predicted molar refractivity (Wildman–Crippen MR) is 141 cm³/mol. The van der Waals surface area contributed by atoms with E-state index in [2.05, 4.69) is 15.3 Å². The predicted octanol–water partition coefficient (Wildman–Crippen LogP) is 4.73. The second-order valence-electron chi connectivity index (χ2n) is 12.0. The van der Waals surface area contributed by atoms with Gasteiger partial charge in [0.2, 0.25) is 5.95 Å². The first-order valence-corrected chi connectivity index (χ1v) is 14.1. The molecule has 0 radical (unpaired) electrons. The first-order valence-electron chi connectivity index (χ1n) is 13.3. The van der Waals surface area contributed by atoms with Crippen molar-refractivity contribution in [3.05, 3.63) is 64.7 Å². The van der Waals surface area contributed by atoms with Gasteiger partial charge in [-0.05, 0) is 68.7 Å². The lowest BCUT2D eigenvalue weighted by Gasteiger charge is -2.62. The Morgan fingerprint density at radius 2 is 2.03 bits per heavy atom. The summed E-state index contributed by atoms with van der Waals surface area (Å²) < 4.78 is 30.5. The quantitative estimate of drug-likeness (QED) is 0.472. The summed E-state index contributed by atoms with van der Waals surface area (Å²) in [6, 6.07) is 2.41. The molecule has 7 nitrogen and oxygen atoms in total. The van der Waals surface area contributed by atoms with Crippen LogP contribution in [0.25, 0.3) is 0 Å². The minimum Gasteiger partial charge on any atom is -0.390 e. The van der Waals surface area contributed by atoms with Gasteiger partial charge in [0.1, 0.15) is 5.60 Å². The average molecular weight is 556 g/mol. The van der Waals surface area contributed by atoms with E-state index in [1.165, 1.54) is 18.2 Å². The molecule has 4 aliphatic rings. The number of carbonyl (C=O) groups is 2. The van der Waals surface area contributed by atoms with Gasteiger partial charge >= 0.3 is 0 Å². The maximum Gasteiger partial charge on any atom is 0.259 e. The average Bonchev–Trinajstić information content (AvgIpc) is 3.43.